The first-order valence-corrected chi connectivity index (χ1v) is 6.67. The first-order valence-electron chi connectivity index (χ1n) is 6.67. The molecule has 0 amide bonds. The monoisotopic (exact) mass is 267 g/mol. The molecule has 0 bridgehead atoms. The van der Waals surface area contributed by atoms with Crippen molar-refractivity contribution < 1.29 is 14.6 Å². The minimum absolute atomic E-state index is 0.154. The van der Waals surface area contributed by atoms with Gasteiger partial charge in [-0.25, -0.2) is 0 Å². The van der Waals surface area contributed by atoms with Gasteiger partial charge in [-0.1, -0.05) is 6.92 Å². The number of benzene rings is 1. The Balaban J connectivity index is 2.87. The molecule has 19 heavy (non-hydrogen) atoms. The molecule has 1 aromatic rings. The van der Waals surface area contributed by atoms with Gasteiger partial charge in [0.2, 0.25) is 0 Å². The summed E-state index contributed by atoms with van der Waals surface area (Å²) >= 11 is 0. The molecule has 0 heterocycles. The molecule has 0 aromatic heterocycles. The quantitative estimate of drug-likeness (QED) is 0.796. The number of nitrogens with one attached hydrogen (secondary N) is 1. The van der Waals surface area contributed by atoms with Crippen molar-refractivity contribution >= 4 is 0 Å². The van der Waals surface area contributed by atoms with E-state index in [0.717, 1.165) is 29.0 Å². The molecule has 0 radical (unpaired) electrons. The molecule has 0 saturated carbocycles. The second kappa shape index (κ2) is 7.36. The molecule has 1 aromatic carbocycles. The summed E-state index contributed by atoms with van der Waals surface area (Å²) < 4.78 is 10.6. The maximum Gasteiger partial charge on any atom is 0.161 e. The number of aliphatic hydroxyl groups is 1. The molecule has 0 aliphatic heterocycles. The Labute approximate surface area is 115 Å². The van der Waals surface area contributed by atoms with Crippen molar-refractivity contribution in [1.29, 1.82) is 0 Å². The van der Waals surface area contributed by atoms with Crippen LogP contribution in [0.15, 0.2) is 12.1 Å². The normalized spacial score (nSPS) is 14.0. The summed E-state index contributed by atoms with van der Waals surface area (Å²) in [6.07, 6.45) is 0.452. The predicted molar refractivity (Wildman–Crippen MR) is 77.0 cm³/mol. The van der Waals surface area contributed by atoms with Crippen LogP contribution in [0.3, 0.4) is 0 Å². The van der Waals surface area contributed by atoms with E-state index >= 15 is 0 Å². The minimum atomic E-state index is -0.303. The Morgan fingerprint density at radius 2 is 1.79 bits per heavy atom. The third-order valence-electron chi connectivity index (χ3n) is 3.37. The molecule has 0 aliphatic carbocycles. The van der Waals surface area contributed by atoms with Gasteiger partial charge in [0.1, 0.15) is 0 Å². The number of hydrogen-bond donors (Lipinski definition) is 2. The van der Waals surface area contributed by atoms with Crippen molar-refractivity contribution in [2.24, 2.45) is 0 Å². The smallest absolute Gasteiger partial charge is 0.161 e. The minimum Gasteiger partial charge on any atom is -0.493 e. The molecule has 108 valence electrons. The lowest BCUT2D eigenvalue weighted by Gasteiger charge is -2.20. The van der Waals surface area contributed by atoms with Crippen LogP contribution in [0, 0.1) is 6.92 Å². The average molecular weight is 267 g/mol. The summed E-state index contributed by atoms with van der Waals surface area (Å²) in [4.78, 5) is 0. The molecule has 1 rings (SSSR count). The summed E-state index contributed by atoms with van der Waals surface area (Å²) in [5, 5.41) is 12.9. The molecule has 2 N–H and O–H groups in total. The van der Waals surface area contributed by atoms with Crippen LogP contribution in [-0.2, 0) is 0 Å². The van der Waals surface area contributed by atoms with Gasteiger partial charge in [-0.05, 0) is 43.5 Å². The van der Waals surface area contributed by atoms with Gasteiger partial charge in [-0.2, -0.15) is 0 Å². The van der Waals surface area contributed by atoms with Gasteiger partial charge in [-0.3, -0.25) is 0 Å². The van der Waals surface area contributed by atoms with Crippen molar-refractivity contribution in [3.63, 3.8) is 0 Å². The van der Waals surface area contributed by atoms with Crippen molar-refractivity contribution in [3.05, 3.63) is 23.3 Å². The molecule has 4 heteroatoms. The summed E-state index contributed by atoms with van der Waals surface area (Å²) in [6.45, 7) is 6.69. The highest BCUT2D eigenvalue weighted by atomic mass is 16.5. The predicted octanol–water partition coefficient (Wildman–Crippen LogP) is 2.43. The lowest BCUT2D eigenvalue weighted by Crippen LogP contribution is -2.29. The maximum absolute atomic E-state index is 9.60. The topological polar surface area (TPSA) is 50.7 Å². The van der Waals surface area contributed by atoms with Gasteiger partial charge in [-0.15, -0.1) is 0 Å². The van der Waals surface area contributed by atoms with Crippen molar-refractivity contribution in [1.82, 2.24) is 5.32 Å². The Bertz CT molecular complexity index is 407. The largest absolute Gasteiger partial charge is 0.493 e. The van der Waals surface area contributed by atoms with Gasteiger partial charge >= 0.3 is 0 Å². The van der Waals surface area contributed by atoms with E-state index in [4.69, 9.17) is 9.47 Å². The third-order valence-corrected chi connectivity index (χ3v) is 3.37. The summed E-state index contributed by atoms with van der Waals surface area (Å²) in [7, 11) is 3.27. The Morgan fingerprint density at radius 1 is 1.21 bits per heavy atom. The Morgan fingerprint density at radius 3 is 2.32 bits per heavy atom. The van der Waals surface area contributed by atoms with Crippen molar-refractivity contribution in [3.8, 4) is 11.5 Å². The van der Waals surface area contributed by atoms with Crippen LogP contribution >= 0.6 is 0 Å². The average Bonchev–Trinajstić information content (AvgIpc) is 2.43. The van der Waals surface area contributed by atoms with Gasteiger partial charge in [0.15, 0.2) is 11.5 Å². The van der Waals surface area contributed by atoms with E-state index in [1.54, 1.807) is 14.2 Å². The second-order valence-electron chi connectivity index (χ2n) is 4.76. The number of hydrogen-bond acceptors (Lipinski definition) is 4. The van der Waals surface area contributed by atoms with E-state index < -0.39 is 0 Å². The van der Waals surface area contributed by atoms with Gasteiger partial charge in [0.25, 0.3) is 0 Å². The zero-order valence-corrected chi connectivity index (χ0v) is 12.5. The highest BCUT2D eigenvalue weighted by Gasteiger charge is 2.14. The first-order chi connectivity index (χ1) is 9.03. The molecule has 1 unspecified atom stereocenters. The molecule has 4 nitrogen and oxygen atoms in total. The second-order valence-corrected chi connectivity index (χ2v) is 4.76. The van der Waals surface area contributed by atoms with E-state index in [1.165, 1.54) is 0 Å². The summed E-state index contributed by atoms with van der Waals surface area (Å²) in [6, 6.07) is 4.12. The SMILES string of the molecule is CC[C@@H](O)CNC(C)c1cc(OC)c(OC)cc1C. The zero-order valence-electron chi connectivity index (χ0n) is 12.5. The fourth-order valence-electron chi connectivity index (χ4n) is 2.03. The number of aryl methyl sites for hydroxylation is 1. The molecule has 0 saturated heterocycles. The highest BCUT2D eigenvalue weighted by molar-refractivity contribution is 5.47. The van der Waals surface area contributed by atoms with E-state index in [2.05, 4.69) is 12.2 Å². The maximum atomic E-state index is 9.60. The molecule has 2 atom stereocenters. The zero-order chi connectivity index (χ0) is 14.4. The van der Waals surface area contributed by atoms with E-state index in [9.17, 15) is 5.11 Å². The summed E-state index contributed by atoms with van der Waals surface area (Å²) in [5.74, 6) is 1.47. The standard InChI is InChI=1S/C15H25NO3/c1-6-12(17)9-16-11(3)13-8-15(19-5)14(18-4)7-10(13)2/h7-8,11-12,16-17H,6,9H2,1-5H3/t11?,12-/m1/s1. The van der Waals surface area contributed by atoms with Crippen LogP contribution in [0.5, 0.6) is 11.5 Å². The van der Waals surface area contributed by atoms with E-state index in [0.29, 0.717) is 6.54 Å². The molecule has 0 spiro atoms. The molecular weight excluding hydrogens is 242 g/mol. The Hall–Kier alpha value is -1.26. The first kappa shape index (κ1) is 15.8. The van der Waals surface area contributed by atoms with Crippen LogP contribution in [0.25, 0.3) is 0 Å². The molecule has 0 fully saturated rings. The van der Waals surface area contributed by atoms with Crippen molar-refractivity contribution in [2.45, 2.75) is 39.3 Å². The molecular formula is C15H25NO3. The van der Waals surface area contributed by atoms with Crippen LogP contribution in [0.4, 0.5) is 0 Å². The van der Waals surface area contributed by atoms with Gasteiger partial charge in [0.05, 0.1) is 20.3 Å². The number of methoxy groups -OCH3 is 2. The molecule has 0 aliphatic rings. The van der Waals surface area contributed by atoms with E-state index in [-0.39, 0.29) is 12.1 Å². The third kappa shape index (κ3) is 4.11. The van der Waals surface area contributed by atoms with Gasteiger partial charge in [0, 0.05) is 12.6 Å². The fraction of sp³-hybridized carbons (Fsp3) is 0.600. The Kier molecular flexibility index (Phi) is 6.12. The lowest BCUT2D eigenvalue weighted by atomic mass is 10.0. The van der Waals surface area contributed by atoms with Crippen LogP contribution < -0.4 is 14.8 Å². The lowest BCUT2D eigenvalue weighted by molar-refractivity contribution is 0.163. The number of aliphatic hydroxyl groups excluding tert-OH is 1. The van der Waals surface area contributed by atoms with Gasteiger partial charge < -0.3 is 19.9 Å². The number of rotatable bonds is 7. The van der Waals surface area contributed by atoms with Crippen LogP contribution in [-0.4, -0.2) is 32.0 Å². The van der Waals surface area contributed by atoms with Crippen LogP contribution in [0.2, 0.25) is 0 Å². The highest BCUT2D eigenvalue weighted by Crippen LogP contribution is 2.32. The fourth-order valence-corrected chi connectivity index (χ4v) is 2.03. The van der Waals surface area contributed by atoms with Crippen LogP contribution in [0.1, 0.15) is 37.4 Å². The van der Waals surface area contributed by atoms with E-state index in [1.807, 2.05) is 26.0 Å². The summed E-state index contributed by atoms with van der Waals surface area (Å²) in [5.41, 5.74) is 2.30. The number of ether oxygens (including phenoxy) is 2. The van der Waals surface area contributed by atoms with Crippen molar-refractivity contribution in [2.75, 3.05) is 20.8 Å².